The molecule has 1 heterocycles. The van der Waals surface area contributed by atoms with Crippen molar-refractivity contribution >= 4 is 33.2 Å². The molecule has 1 aliphatic heterocycles. The van der Waals surface area contributed by atoms with E-state index >= 15 is 0 Å². The highest BCUT2D eigenvalue weighted by atomic mass is 35.5. The second-order valence-electron chi connectivity index (χ2n) is 6.95. The number of benzene rings is 2. The summed E-state index contributed by atoms with van der Waals surface area (Å²) in [5.74, 6) is -0.0204. The summed E-state index contributed by atoms with van der Waals surface area (Å²) in [6, 6.07) is 14.7. The number of fused-ring (bicyclic) bond motifs is 1. The maximum Gasteiger partial charge on any atom is 0.263 e. The van der Waals surface area contributed by atoms with Gasteiger partial charge < -0.3 is 10.1 Å². The average Bonchev–Trinajstić information content (AvgIpc) is 2.65. The van der Waals surface area contributed by atoms with Crippen molar-refractivity contribution in [2.24, 2.45) is 0 Å². The first-order chi connectivity index (χ1) is 13.2. The fourth-order valence-electron chi connectivity index (χ4n) is 3.11. The van der Waals surface area contributed by atoms with Gasteiger partial charge in [0.2, 0.25) is 10.0 Å². The number of amides is 1. The van der Waals surface area contributed by atoms with Crippen LogP contribution in [0.25, 0.3) is 0 Å². The third kappa shape index (κ3) is 4.97. The smallest absolute Gasteiger partial charge is 0.263 e. The molecule has 0 fully saturated rings. The molecule has 2 aromatic rings. The standard InChI is InChI=1S/C20H23ClN2O4S/c1-14(8-9-15-6-4-3-5-7-15)22-20(24)19-13-23(28(2,25)26)17-12-16(21)10-11-18(17)27-19/h3-7,10-12,14,19H,8-9,13H2,1-2H3,(H,22,24)/t14-,19+/m1/s1. The zero-order chi connectivity index (χ0) is 20.3. The quantitative estimate of drug-likeness (QED) is 0.776. The van der Waals surface area contributed by atoms with Gasteiger partial charge in [-0.15, -0.1) is 0 Å². The number of rotatable bonds is 6. The summed E-state index contributed by atoms with van der Waals surface area (Å²) in [6.45, 7) is 1.83. The van der Waals surface area contributed by atoms with Crippen LogP contribution in [0.2, 0.25) is 5.02 Å². The molecule has 1 N–H and O–H groups in total. The molecule has 6 nitrogen and oxygen atoms in total. The molecule has 0 saturated heterocycles. The summed E-state index contributed by atoms with van der Waals surface area (Å²) in [4.78, 5) is 12.7. The third-order valence-electron chi connectivity index (χ3n) is 4.58. The molecular weight excluding hydrogens is 400 g/mol. The van der Waals surface area contributed by atoms with Gasteiger partial charge in [-0.25, -0.2) is 8.42 Å². The Kier molecular flexibility index (Phi) is 6.15. The largest absolute Gasteiger partial charge is 0.476 e. The van der Waals surface area contributed by atoms with E-state index in [1.807, 2.05) is 37.3 Å². The second-order valence-corrected chi connectivity index (χ2v) is 9.29. The Bertz CT molecular complexity index is 950. The van der Waals surface area contributed by atoms with Crippen LogP contribution in [-0.4, -0.2) is 39.3 Å². The number of carbonyl (C=O) groups excluding carboxylic acids is 1. The highest BCUT2D eigenvalue weighted by molar-refractivity contribution is 7.92. The predicted molar refractivity (Wildman–Crippen MR) is 110 cm³/mol. The maximum atomic E-state index is 12.7. The zero-order valence-electron chi connectivity index (χ0n) is 15.8. The molecule has 28 heavy (non-hydrogen) atoms. The molecule has 0 radical (unpaired) electrons. The molecule has 150 valence electrons. The van der Waals surface area contributed by atoms with Crippen molar-refractivity contribution in [3.05, 3.63) is 59.1 Å². The third-order valence-corrected chi connectivity index (χ3v) is 5.96. The Balaban J connectivity index is 1.67. The van der Waals surface area contributed by atoms with Gasteiger partial charge in [0.15, 0.2) is 6.10 Å². The summed E-state index contributed by atoms with van der Waals surface area (Å²) >= 11 is 5.99. The van der Waals surface area contributed by atoms with Crippen LogP contribution in [0.1, 0.15) is 18.9 Å². The molecular formula is C20H23ClN2O4S. The van der Waals surface area contributed by atoms with Crippen molar-refractivity contribution in [1.82, 2.24) is 5.32 Å². The van der Waals surface area contributed by atoms with Crippen molar-refractivity contribution < 1.29 is 17.9 Å². The van der Waals surface area contributed by atoms with Gasteiger partial charge in [-0.1, -0.05) is 41.9 Å². The van der Waals surface area contributed by atoms with E-state index in [1.165, 1.54) is 11.6 Å². The van der Waals surface area contributed by atoms with Gasteiger partial charge in [-0.05, 0) is 43.5 Å². The number of carbonyl (C=O) groups is 1. The molecule has 8 heteroatoms. The first kappa shape index (κ1) is 20.5. The molecule has 0 aromatic heterocycles. The monoisotopic (exact) mass is 422 g/mol. The molecule has 1 aliphatic rings. The van der Waals surface area contributed by atoms with Crippen LogP contribution in [0.5, 0.6) is 5.75 Å². The molecule has 0 aliphatic carbocycles. The van der Waals surface area contributed by atoms with Crippen LogP contribution < -0.4 is 14.4 Å². The number of aryl methyl sites for hydroxylation is 1. The molecule has 1 amide bonds. The van der Waals surface area contributed by atoms with Gasteiger partial charge in [-0.2, -0.15) is 0 Å². The first-order valence-corrected chi connectivity index (χ1v) is 11.2. The van der Waals surface area contributed by atoms with Gasteiger partial charge >= 0.3 is 0 Å². The summed E-state index contributed by atoms with van der Waals surface area (Å²) < 4.78 is 31.3. The number of anilines is 1. The van der Waals surface area contributed by atoms with Crippen LogP contribution in [0.15, 0.2) is 48.5 Å². The Hall–Kier alpha value is -2.25. The lowest BCUT2D eigenvalue weighted by Gasteiger charge is -2.34. The fraction of sp³-hybridized carbons (Fsp3) is 0.350. The normalized spacial score (nSPS) is 17.4. The van der Waals surface area contributed by atoms with E-state index in [0.29, 0.717) is 16.5 Å². The van der Waals surface area contributed by atoms with Crippen LogP contribution >= 0.6 is 11.6 Å². The lowest BCUT2D eigenvalue weighted by atomic mass is 10.1. The second kappa shape index (κ2) is 8.41. The van der Waals surface area contributed by atoms with E-state index in [0.717, 1.165) is 23.4 Å². The van der Waals surface area contributed by atoms with Gasteiger partial charge in [0, 0.05) is 11.1 Å². The minimum Gasteiger partial charge on any atom is -0.476 e. The summed E-state index contributed by atoms with van der Waals surface area (Å²) in [5, 5.41) is 3.32. The lowest BCUT2D eigenvalue weighted by Crippen LogP contribution is -2.52. The van der Waals surface area contributed by atoms with E-state index in [-0.39, 0.29) is 18.5 Å². The average molecular weight is 423 g/mol. The van der Waals surface area contributed by atoms with E-state index in [4.69, 9.17) is 16.3 Å². The first-order valence-electron chi connectivity index (χ1n) is 9.02. The minimum atomic E-state index is -3.58. The molecule has 2 aromatic carbocycles. The van der Waals surface area contributed by atoms with E-state index < -0.39 is 16.1 Å². The highest BCUT2D eigenvalue weighted by Crippen LogP contribution is 2.37. The number of hydrogen-bond donors (Lipinski definition) is 1. The number of hydrogen-bond acceptors (Lipinski definition) is 4. The Morgan fingerprint density at radius 1 is 1.29 bits per heavy atom. The van der Waals surface area contributed by atoms with E-state index in [1.54, 1.807) is 12.1 Å². The number of sulfonamides is 1. The molecule has 0 saturated carbocycles. The fourth-order valence-corrected chi connectivity index (χ4v) is 4.18. The molecule has 0 unspecified atom stereocenters. The molecule has 2 atom stereocenters. The Morgan fingerprint density at radius 3 is 2.68 bits per heavy atom. The number of nitrogens with one attached hydrogen (secondary N) is 1. The number of nitrogens with zero attached hydrogens (tertiary/aromatic N) is 1. The van der Waals surface area contributed by atoms with Gasteiger partial charge in [0.25, 0.3) is 5.91 Å². The van der Waals surface area contributed by atoms with E-state index in [9.17, 15) is 13.2 Å². The van der Waals surface area contributed by atoms with Crippen LogP contribution in [0, 0.1) is 0 Å². The topological polar surface area (TPSA) is 75.7 Å². The van der Waals surface area contributed by atoms with Crippen LogP contribution in [0.4, 0.5) is 5.69 Å². The van der Waals surface area contributed by atoms with Gasteiger partial charge in [0.1, 0.15) is 5.75 Å². The van der Waals surface area contributed by atoms with Crippen molar-refractivity contribution in [3.63, 3.8) is 0 Å². The summed E-state index contributed by atoms with van der Waals surface area (Å²) in [6.07, 6.45) is 1.78. The van der Waals surface area contributed by atoms with E-state index in [2.05, 4.69) is 5.32 Å². The van der Waals surface area contributed by atoms with Crippen LogP contribution in [-0.2, 0) is 21.2 Å². The Morgan fingerprint density at radius 2 is 2.00 bits per heavy atom. The molecule has 0 bridgehead atoms. The van der Waals surface area contributed by atoms with Crippen LogP contribution in [0.3, 0.4) is 0 Å². The summed E-state index contributed by atoms with van der Waals surface area (Å²) in [7, 11) is -3.58. The minimum absolute atomic E-state index is 0.0744. The van der Waals surface area contributed by atoms with Crippen molar-refractivity contribution in [2.45, 2.75) is 31.9 Å². The van der Waals surface area contributed by atoms with Gasteiger partial charge in [0.05, 0.1) is 18.5 Å². The van der Waals surface area contributed by atoms with Crippen molar-refractivity contribution in [1.29, 1.82) is 0 Å². The Labute approximate surface area is 170 Å². The van der Waals surface area contributed by atoms with Gasteiger partial charge in [-0.3, -0.25) is 9.10 Å². The van der Waals surface area contributed by atoms with Crippen molar-refractivity contribution in [2.75, 3.05) is 17.1 Å². The lowest BCUT2D eigenvalue weighted by molar-refractivity contribution is -0.128. The molecule has 3 rings (SSSR count). The SMILES string of the molecule is C[C@H](CCc1ccccc1)NC(=O)[C@@H]1CN(S(C)(=O)=O)c2cc(Cl)ccc2O1. The maximum absolute atomic E-state index is 12.7. The predicted octanol–water partition coefficient (Wildman–Crippen LogP) is 3.00. The number of ether oxygens (including phenoxy) is 1. The summed E-state index contributed by atoms with van der Waals surface area (Å²) in [5.41, 5.74) is 1.54. The zero-order valence-corrected chi connectivity index (χ0v) is 17.3. The molecule has 0 spiro atoms. The highest BCUT2D eigenvalue weighted by Gasteiger charge is 2.35. The number of halogens is 1. The van der Waals surface area contributed by atoms with Crippen molar-refractivity contribution in [3.8, 4) is 5.75 Å².